The molecule has 4 rings (SSSR count). The van der Waals surface area contributed by atoms with E-state index in [4.69, 9.17) is 4.74 Å². The van der Waals surface area contributed by atoms with E-state index in [2.05, 4.69) is 21.8 Å². The van der Waals surface area contributed by atoms with Crippen LogP contribution in [0.3, 0.4) is 0 Å². The molecule has 0 radical (unpaired) electrons. The summed E-state index contributed by atoms with van der Waals surface area (Å²) in [6.07, 6.45) is 1.88. The predicted molar refractivity (Wildman–Crippen MR) is 125 cm³/mol. The Morgan fingerprint density at radius 1 is 1.21 bits per heavy atom. The molecule has 1 N–H and O–H groups in total. The molecule has 33 heavy (non-hydrogen) atoms. The lowest BCUT2D eigenvalue weighted by Gasteiger charge is -2.40. The van der Waals surface area contributed by atoms with Gasteiger partial charge < -0.3 is 14.5 Å². The Hall–Kier alpha value is -2.49. The zero-order valence-corrected chi connectivity index (χ0v) is 19.8. The zero-order valence-electron chi connectivity index (χ0n) is 18.9. The third-order valence-electron chi connectivity index (χ3n) is 6.68. The lowest BCUT2D eigenvalue weighted by molar-refractivity contribution is -0.134. The number of hydrogen-bond acceptors (Lipinski definition) is 5. The fourth-order valence-electron chi connectivity index (χ4n) is 4.97. The Kier molecular flexibility index (Phi) is 7.02. The van der Waals surface area contributed by atoms with Gasteiger partial charge in [-0.15, -0.1) is 0 Å². The molecular weight excluding hydrogens is 445 g/mol. The fraction of sp³-hybridized carbons (Fsp3) is 0.458. The summed E-state index contributed by atoms with van der Waals surface area (Å²) in [6, 6.07) is 12.4. The average Bonchev–Trinajstić information content (AvgIpc) is 3.14. The zero-order chi connectivity index (χ0) is 23.6. The Balaban J connectivity index is 1.47. The van der Waals surface area contributed by atoms with Crippen LogP contribution in [0.15, 0.2) is 42.5 Å². The van der Waals surface area contributed by atoms with Gasteiger partial charge in [-0.3, -0.25) is 9.52 Å². The minimum Gasteiger partial charge on any atom is -0.365 e. The van der Waals surface area contributed by atoms with Crippen LogP contribution in [0.5, 0.6) is 0 Å². The maximum absolute atomic E-state index is 14.5. The quantitative estimate of drug-likeness (QED) is 0.602. The van der Waals surface area contributed by atoms with E-state index >= 15 is 0 Å². The molecule has 2 heterocycles. The first-order valence-corrected chi connectivity index (χ1v) is 12.3. The Bertz CT molecular complexity index is 1090. The van der Waals surface area contributed by atoms with Gasteiger partial charge in [0.1, 0.15) is 5.82 Å². The van der Waals surface area contributed by atoms with E-state index in [0.29, 0.717) is 18.7 Å². The van der Waals surface area contributed by atoms with Crippen molar-refractivity contribution >= 4 is 22.5 Å². The van der Waals surface area contributed by atoms with E-state index in [1.54, 1.807) is 14.1 Å². The molecule has 0 aliphatic carbocycles. The van der Waals surface area contributed by atoms with Gasteiger partial charge in [0.05, 0.1) is 18.1 Å². The lowest BCUT2D eigenvalue weighted by atomic mass is 9.83. The number of piperidine rings is 1. The van der Waals surface area contributed by atoms with Crippen molar-refractivity contribution in [2.75, 3.05) is 38.5 Å². The minimum atomic E-state index is -2.85. The smallest absolute Gasteiger partial charge is 0.226 e. The van der Waals surface area contributed by atoms with Crippen molar-refractivity contribution < 1.29 is 22.3 Å². The molecule has 2 aliphatic rings. The Morgan fingerprint density at radius 3 is 2.64 bits per heavy atom. The summed E-state index contributed by atoms with van der Waals surface area (Å²) < 4.78 is 45.0. The van der Waals surface area contributed by atoms with Gasteiger partial charge in [0.15, 0.2) is 0 Å². The van der Waals surface area contributed by atoms with Crippen LogP contribution in [0.2, 0.25) is 0 Å². The molecule has 178 valence electrons. The highest BCUT2D eigenvalue weighted by molar-refractivity contribution is 7.73. The van der Waals surface area contributed by atoms with E-state index in [0.717, 1.165) is 25.9 Å². The van der Waals surface area contributed by atoms with Crippen LogP contribution in [-0.2, 0) is 39.1 Å². The number of benzene rings is 2. The van der Waals surface area contributed by atoms with Gasteiger partial charge in [-0.1, -0.05) is 24.3 Å². The van der Waals surface area contributed by atoms with Gasteiger partial charge in [-0.2, -0.15) is 0 Å². The van der Waals surface area contributed by atoms with Crippen molar-refractivity contribution in [1.82, 2.24) is 9.80 Å². The average molecular weight is 476 g/mol. The number of hydrogen-bond donors (Lipinski definition) is 2. The molecule has 0 saturated carbocycles. The van der Waals surface area contributed by atoms with Crippen molar-refractivity contribution in [2.45, 2.75) is 31.5 Å². The number of nitrogens with one attached hydrogen (secondary N) is 1. The highest BCUT2D eigenvalue weighted by Gasteiger charge is 2.42. The highest BCUT2D eigenvalue weighted by Crippen LogP contribution is 2.44. The number of halogens is 1. The second kappa shape index (κ2) is 9.79. The molecule has 1 saturated heterocycles. The number of likely N-dealkylation sites (tertiary alicyclic amines) is 1. The molecule has 1 amide bonds. The molecule has 7 nitrogen and oxygen atoms in total. The van der Waals surface area contributed by atoms with Crippen LogP contribution >= 0.6 is 0 Å². The second-order valence-electron chi connectivity index (χ2n) is 9.05. The van der Waals surface area contributed by atoms with Crippen molar-refractivity contribution in [2.24, 2.45) is 5.92 Å². The van der Waals surface area contributed by atoms with Crippen LogP contribution in [0.25, 0.3) is 0 Å². The van der Waals surface area contributed by atoms with E-state index in [1.807, 2.05) is 12.1 Å². The summed E-state index contributed by atoms with van der Waals surface area (Å²) in [5.74, 6) is -0.978. The van der Waals surface area contributed by atoms with Gasteiger partial charge in [0.2, 0.25) is 16.8 Å². The maximum Gasteiger partial charge on any atom is 0.226 e. The van der Waals surface area contributed by atoms with Crippen LogP contribution in [0.1, 0.15) is 29.5 Å². The minimum absolute atomic E-state index is 0.0783. The van der Waals surface area contributed by atoms with E-state index in [9.17, 15) is 17.6 Å². The number of carbonyl (C=O) groups excluding carboxylic acids is 1. The summed E-state index contributed by atoms with van der Waals surface area (Å²) in [6.45, 7) is 2.71. The number of rotatable bonds is 7. The highest BCUT2D eigenvalue weighted by atomic mass is 32.2. The number of nitrogens with zero attached hydrogens (tertiary/aromatic N) is 2. The normalized spacial score (nSPS) is 18.3. The number of ether oxygens (including phenoxy) is 1. The van der Waals surface area contributed by atoms with Gasteiger partial charge in [-0.25, -0.2) is 12.8 Å². The Morgan fingerprint density at radius 2 is 1.94 bits per heavy atom. The summed E-state index contributed by atoms with van der Waals surface area (Å²) in [4.78, 5) is 16.7. The predicted octanol–water partition coefficient (Wildman–Crippen LogP) is 2.53. The number of carbonyl (C=O) groups is 1. The molecule has 1 unspecified atom stereocenters. The van der Waals surface area contributed by atoms with Crippen LogP contribution < -0.4 is 4.72 Å². The van der Waals surface area contributed by atoms with Gasteiger partial charge >= 0.3 is 0 Å². The standard InChI is InChI=1S/C24H30FN3O4S/c1-27(2)23(29)19(13-18-14-20(26-33(30)31)7-8-22(18)25)15-28-11-9-24(10-12-28)21-6-4-3-5-17(21)16-32-24/h3-8,14,19,33H,9-13,15-16H2,1-2H3,(H,26,30,31). The summed E-state index contributed by atoms with van der Waals surface area (Å²) >= 11 is 0. The Labute approximate surface area is 195 Å². The van der Waals surface area contributed by atoms with Gasteiger partial charge in [0.25, 0.3) is 0 Å². The van der Waals surface area contributed by atoms with Gasteiger partial charge in [-0.05, 0) is 54.2 Å². The molecule has 1 atom stereocenters. The first kappa shape index (κ1) is 23.7. The number of anilines is 1. The third kappa shape index (κ3) is 5.20. The fourth-order valence-corrected chi connectivity index (χ4v) is 5.32. The molecule has 1 fully saturated rings. The SMILES string of the molecule is CN(C)C(=O)C(Cc1cc(N[SH](=O)=O)ccc1F)CN1CCC2(CC1)OCc1ccccc12. The first-order valence-electron chi connectivity index (χ1n) is 11.1. The van der Waals surface area contributed by atoms with E-state index in [-0.39, 0.29) is 23.6 Å². The first-order chi connectivity index (χ1) is 15.8. The molecule has 2 aromatic carbocycles. The van der Waals surface area contributed by atoms with Crippen molar-refractivity contribution in [3.8, 4) is 0 Å². The molecular formula is C24H30FN3O4S. The third-order valence-corrected chi connectivity index (χ3v) is 7.12. The second-order valence-corrected chi connectivity index (χ2v) is 9.79. The number of amides is 1. The molecule has 1 spiro atoms. The van der Waals surface area contributed by atoms with Crippen LogP contribution in [-0.4, -0.2) is 57.9 Å². The molecule has 0 aromatic heterocycles. The summed E-state index contributed by atoms with van der Waals surface area (Å²) in [5.41, 5.74) is 2.87. The van der Waals surface area contributed by atoms with E-state index in [1.165, 1.54) is 34.2 Å². The molecule has 2 aliphatic heterocycles. The van der Waals surface area contributed by atoms with Gasteiger partial charge in [0, 0.05) is 39.4 Å². The van der Waals surface area contributed by atoms with Crippen molar-refractivity contribution in [1.29, 1.82) is 0 Å². The van der Waals surface area contributed by atoms with Crippen LogP contribution in [0, 0.1) is 11.7 Å². The van der Waals surface area contributed by atoms with Crippen molar-refractivity contribution in [3.63, 3.8) is 0 Å². The number of thiol groups is 1. The molecule has 0 bridgehead atoms. The summed E-state index contributed by atoms with van der Waals surface area (Å²) in [5, 5.41) is 0. The van der Waals surface area contributed by atoms with Crippen molar-refractivity contribution in [3.05, 3.63) is 65.0 Å². The monoisotopic (exact) mass is 475 g/mol. The maximum atomic E-state index is 14.5. The van der Waals surface area contributed by atoms with E-state index < -0.39 is 22.6 Å². The number of fused-ring (bicyclic) bond motifs is 2. The van der Waals surface area contributed by atoms with Crippen LogP contribution in [0.4, 0.5) is 10.1 Å². The topological polar surface area (TPSA) is 79.0 Å². The lowest BCUT2D eigenvalue weighted by Crippen LogP contribution is -2.46. The molecule has 2 aromatic rings. The largest absolute Gasteiger partial charge is 0.365 e. The molecule has 9 heteroatoms. The summed E-state index contributed by atoms with van der Waals surface area (Å²) in [7, 11) is 0.540.